The Bertz CT molecular complexity index is 325. The number of carbonyl (C=O) groups excluding carboxylic acids is 1. The van der Waals surface area contributed by atoms with Gasteiger partial charge in [0.05, 0.1) is 6.42 Å². The van der Waals surface area contributed by atoms with Gasteiger partial charge >= 0.3 is 0 Å². The van der Waals surface area contributed by atoms with E-state index in [0.717, 1.165) is 24.2 Å². The Morgan fingerprint density at radius 3 is 2.73 bits per heavy atom. The molecular formula is C11H17N3O. The van der Waals surface area contributed by atoms with Gasteiger partial charge < -0.3 is 16.8 Å². The second-order valence-corrected chi connectivity index (χ2v) is 3.37. The summed E-state index contributed by atoms with van der Waals surface area (Å²) in [5.74, 6) is -0.317. The van der Waals surface area contributed by atoms with Crippen molar-refractivity contribution >= 4 is 11.6 Å². The summed E-state index contributed by atoms with van der Waals surface area (Å²) in [6.07, 6.45) is 1.18. The van der Waals surface area contributed by atoms with Crippen LogP contribution >= 0.6 is 0 Å². The Balaban J connectivity index is 2.64. The third-order valence-corrected chi connectivity index (χ3v) is 2.08. The van der Waals surface area contributed by atoms with Crippen molar-refractivity contribution in [1.82, 2.24) is 0 Å². The Morgan fingerprint density at radius 2 is 2.07 bits per heavy atom. The molecular weight excluding hydrogens is 190 g/mol. The van der Waals surface area contributed by atoms with Crippen LogP contribution in [0.4, 0.5) is 5.69 Å². The van der Waals surface area contributed by atoms with Gasteiger partial charge in [-0.2, -0.15) is 0 Å². The first-order valence-corrected chi connectivity index (χ1v) is 5.04. The minimum Gasteiger partial charge on any atom is -0.385 e. The van der Waals surface area contributed by atoms with Crippen LogP contribution < -0.4 is 16.8 Å². The Labute approximate surface area is 89.6 Å². The number of carbonyl (C=O) groups is 1. The number of nitrogens with one attached hydrogen (secondary N) is 1. The third-order valence-electron chi connectivity index (χ3n) is 2.08. The highest BCUT2D eigenvalue weighted by molar-refractivity contribution is 5.78. The van der Waals surface area contributed by atoms with Crippen molar-refractivity contribution in [2.45, 2.75) is 12.8 Å². The molecule has 5 N–H and O–H groups in total. The van der Waals surface area contributed by atoms with E-state index < -0.39 is 0 Å². The summed E-state index contributed by atoms with van der Waals surface area (Å²) in [4.78, 5) is 10.8. The molecule has 0 atom stereocenters. The van der Waals surface area contributed by atoms with E-state index >= 15 is 0 Å². The van der Waals surface area contributed by atoms with Crippen molar-refractivity contribution < 1.29 is 4.79 Å². The van der Waals surface area contributed by atoms with Crippen LogP contribution in [-0.4, -0.2) is 19.0 Å². The lowest BCUT2D eigenvalue weighted by Crippen LogP contribution is -2.16. The number of primary amides is 1. The van der Waals surface area contributed by atoms with Gasteiger partial charge in [-0.1, -0.05) is 18.2 Å². The average molecular weight is 207 g/mol. The van der Waals surface area contributed by atoms with Gasteiger partial charge in [-0.3, -0.25) is 4.79 Å². The van der Waals surface area contributed by atoms with Crippen molar-refractivity contribution in [2.75, 3.05) is 18.4 Å². The van der Waals surface area contributed by atoms with Crippen molar-refractivity contribution in [3.63, 3.8) is 0 Å². The zero-order valence-corrected chi connectivity index (χ0v) is 8.70. The largest absolute Gasteiger partial charge is 0.385 e. The minimum atomic E-state index is -0.317. The number of hydrogen-bond donors (Lipinski definition) is 3. The predicted octanol–water partition coefficient (Wildman–Crippen LogP) is 0.475. The number of para-hydroxylation sites is 1. The van der Waals surface area contributed by atoms with E-state index in [2.05, 4.69) is 5.32 Å². The number of hydrogen-bond acceptors (Lipinski definition) is 3. The molecule has 4 nitrogen and oxygen atoms in total. The van der Waals surface area contributed by atoms with Crippen LogP contribution in [0.15, 0.2) is 24.3 Å². The molecule has 0 saturated carbocycles. The van der Waals surface area contributed by atoms with Gasteiger partial charge in [0.25, 0.3) is 0 Å². The maximum atomic E-state index is 10.8. The predicted molar refractivity (Wildman–Crippen MR) is 61.5 cm³/mol. The molecule has 1 aromatic carbocycles. The lowest BCUT2D eigenvalue weighted by Gasteiger charge is -2.10. The van der Waals surface area contributed by atoms with E-state index in [-0.39, 0.29) is 12.3 Å². The topological polar surface area (TPSA) is 81.1 Å². The van der Waals surface area contributed by atoms with Crippen LogP contribution in [0.3, 0.4) is 0 Å². The molecule has 4 heteroatoms. The number of amides is 1. The SMILES string of the molecule is NCCCNc1ccccc1CC(N)=O. The average Bonchev–Trinajstić information content (AvgIpc) is 2.20. The molecule has 15 heavy (non-hydrogen) atoms. The molecule has 1 aromatic rings. The lowest BCUT2D eigenvalue weighted by atomic mass is 10.1. The van der Waals surface area contributed by atoms with Gasteiger partial charge in [0, 0.05) is 12.2 Å². The monoisotopic (exact) mass is 207 g/mol. The molecule has 0 fully saturated rings. The minimum absolute atomic E-state index is 0.270. The van der Waals surface area contributed by atoms with E-state index in [0.29, 0.717) is 6.54 Å². The highest BCUT2D eigenvalue weighted by atomic mass is 16.1. The first-order valence-electron chi connectivity index (χ1n) is 5.04. The van der Waals surface area contributed by atoms with Gasteiger partial charge in [-0.25, -0.2) is 0 Å². The maximum absolute atomic E-state index is 10.8. The molecule has 0 radical (unpaired) electrons. The highest BCUT2D eigenvalue weighted by Gasteiger charge is 2.03. The quantitative estimate of drug-likeness (QED) is 0.593. The van der Waals surface area contributed by atoms with Crippen LogP contribution in [0.1, 0.15) is 12.0 Å². The second kappa shape index (κ2) is 6.03. The molecule has 1 amide bonds. The van der Waals surface area contributed by atoms with Crippen molar-refractivity contribution in [3.8, 4) is 0 Å². The number of nitrogens with two attached hydrogens (primary N) is 2. The molecule has 1 rings (SSSR count). The summed E-state index contributed by atoms with van der Waals surface area (Å²) < 4.78 is 0. The maximum Gasteiger partial charge on any atom is 0.221 e. The number of anilines is 1. The summed E-state index contributed by atoms with van der Waals surface area (Å²) in [5.41, 5.74) is 12.5. The molecule has 0 bridgehead atoms. The molecule has 0 aliphatic carbocycles. The number of benzene rings is 1. The van der Waals surface area contributed by atoms with Gasteiger partial charge in [-0.05, 0) is 24.6 Å². The highest BCUT2D eigenvalue weighted by Crippen LogP contribution is 2.15. The van der Waals surface area contributed by atoms with Crippen molar-refractivity contribution in [2.24, 2.45) is 11.5 Å². The van der Waals surface area contributed by atoms with Crippen molar-refractivity contribution in [1.29, 1.82) is 0 Å². The summed E-state index contributed by atoms with van der Waals surface area (Å²) in [7, 11) is 0. The van der Waals surface area contributed by atoms with E-state index in [1.54, 1.807) is 0 Å². The summed E-state index contributed by atoms with van der Waals surface area (Å²) in [6, 6.07) is 7.66. The fourth-order valence-corrected chi connectivity index (χ4v) is 1.36. The fourth-order valence-electron chi connectivity index (χ4n) is 1.36. The normalized spacial score (nSPS) is 9.93. The Hall–Kier alpha value is -1.55. The third kappa shape index (κ3) is 3.99. The zero-order chi connectivity index (χ0) is 11.1. The summed E-state index contributed by atoms with van der Waals surface area (Å²) in [5, 5.41) is 3.23. The summed E-state index contributed by atoms with van der Waals surface area (Å²) in [6.45, 7) is 1.47. The van der Waals surface area contributed by atoms with Crippen LogP contribution in [0.25, 0.3) is 0 Å². The molecule has 82 valence electrons. The fraction of sp³-hybridized carbons (Fsp3) is 0.364. The zero-order valence-electron chi connectivity index (χ0n) is 8.70. The molecule has 0 saturated heterocycles. The Kier molecular flexibility index (Phi) is 4.63. The molecule has 0 unspecified atom stereocenters. The second-order valence-electron chi connectivity index (χ2n) is 3.37. The van der Waals surface area contributed by atoms with Gasteiger partial charge in [0.15, 0.2) is 0 Å². The van der Waals surface area contributed by atoms with E-state index in [4.69, 9.17) is 11.5 Å². The first-order chi connectivity index (χ1) is 7.24. The van der Waals surface area contributed by atoms with Crippen LogP contribution in [-0.2, 0) is 11.2 Å². The molecule has 0 aliphatic rings. The van der Waals surface area contributed by atoms with E-state index in [1.165, 1.54) is 0 Å². The summed E-state index contributed by atoms with van der Waals surface area (Å²) >= 11 is 0. The molecule has 0 aromatic heterocycles. The van der Waals surface area contributed by atoms with Crippen molar-refractivity contribution in [3.05, 3.63) is 29.8 Å². The lowest BCUT2D eigenvalue weighted by molar-refractivity contribution is -0.117. The first kappa shape index (κ1) is 11.5. The Morgan fingerprint density at radius 1 is 1.33 bits per heavy atom. The van der Waals surface area contributed by atoms with Crippen LogP contribution in [0.5, 0.6) is 0 Å². The van der Waals surface area contributed by atoms with Crippen LogP contribution in [0, 0.1) is 0 Å². The number of rotatable bonds is 6. The molecule has 0 aliphatic heterocycles. The molecule has 0 spiro atoms. The van der Waals surface area contributed by atoms with Gasteiger partial charge in [0.2, 0.25) is 5.91 Å². The van der Waals surface area contributed by atoms with E-state index in [9.17, 15) is 4.79 Å². The standard InChI is InChI=1S/C11H17N3O/c12-6-3-7-14-10-5-2-1-4-9(10)8-11(13)15/h1-2,4-5,14H,3,6-8,12H2,(H2,13,15). The van der Waals surface area contributed by atoms with Gasteiger partial charge in [0.1, 0.15) is 0 Å². The van der Waals surface area contributed by atoms with E-state index in [1.807, 2.05) is 24.3 Å². The smallest absolute Gasteiger partial charge is 0.221 e. The molecule has 0 heterocycles. The van der Waals surface area contributed by atoms with Crippen LogP contribution in [0.2, 0.25) is 0 Å². The van der Waals surface area contributed by atoms with Gasteiger partial charge in [-0.15, -0.1) is 0 Å².